The second-order valence-electron chi connectivity index (χ2n) is 15.6. The molecule has 350 valence electrons. The van der Waals surface area contributed by atoms with Crippen molar-refractivity contribution in [3.63, 3.8) is 0 Å². The predicted octanol–water partition coefficient (Wildman–Crippen LogP) is 3.46. The van der Waals surface area contributed by atoms with Gasteiger partial charge in [0.15, 0.2) is 0 Å². The van der Waals surface area contributed by atoms with Gasteiger partial charge in [0, 0.05) is 25.3 Å². The minimum Gasteiger partial charge on any atom is -0.481 e. The molecule has 0 aromatic heterocycles. The molecule has 18 nitrogen and oxygen atoms in total. The molecule has 0 heterocycles. The van der Waals surface area contributed by atoms with E-state index in [1.165, 1.54) is 0 Å². The summed E-state index contributed by atoms with van der Waals surface area (Å²) < 4.78 is 27.3. The van der Waals surface area contributed by atoms with Crippen LogP contribution in [0, 0.1) is 5.92 Å². The van der Waals surface area contributed by atoms with Crippen LogP contribution in [0.1, 0.15) is 62.1 Å². The van der Waals surface area contributed by atoms with Crippen molar-refractivity contribution in [2.75, 3.05) is 66.0 Å². The smallest absolute Gasteiger partial charge is 0.407 e. The lowest BCUT2D eigenvalue weighted by Crippen LogP contribution is -2.57. The molecular weight excluding hydrogens is 841 g/mol. The van der Waals surface area contributed by atoms with Crippen LogP contribution in [0.2, 0.25) is 0 Å². The molecule has 4 amide bonds. The molecule has 18 heteroatoms. The van der Waals surface area contributed by atoms with E-state index in [4.69, 9.17) is 34.3 Å². The molecule has 4 rings (SSSR count). The quantitative estimate of drug-likeness (QED) is 0.0270. The zero-order valence-electron chi connectivity index (χ0n) is 36.9. The topological polar surface area (TPSA) is 253 Å². The number of amides is 4. The maximum absolute atomic E-state index is 14.0. The Morgan fingerprint density at radius 1 is 0.662 bits per heavy atom. The lowest BCUT2D eigenvalue weighted by Gasteiger charge is -2.26. The summed E-state index contributed by atoms with van der Waals surface area (Å²) in [6, 6.07) is 21.3. The van der Waals surface area contributed by atoms with E-state index >= 15 is 0 Å². The molecule has 0 fully saturated rings. The average molecular weight is 901 g/mol. The minimum atomic E-state index is -1.34. The largest absolute Gasteiger partial charge is 0.481 e. The number of nitrogens with one attached hydrogen (secondary N) is 4. The summed E-state index contributed by atoms with van der Waals surface area (Å²) in [5.41, 5.74) is 13.8. The van der Waals surface area contributed by atoms with E-state index < -0.39 is 53.7 Å². The molecule has 0 aliphatic heterocycles. The number of carbonyl (C=O) groups is 6. The van der Waals surface area contributed by atoms with Gasteiger partial charge in [-0.25, -0.2) is 4.79 Å². The number of Topliss-reactive ketones (excluding diaryl/α,β-unsaturated/α-hetero) is 1. The third-order valence-corrected chi connectivity index (χ3v) is 10.2. The first-order chi connectivity index (χ1) is 31.5. The van der Waals surface area contributed by atoms with Crippen molar-refractivity contribution in [2.45, 2.75) is 70.0 Å². The molecule has 1 aliphatic carbocycles. The number of carbonyl (C=O) groups excluding carboxylic acids is 5. The number of benzene rings is 3. The lowest BCUT2D eigenvalue weighted by atomic mass is 9.98. The molecule has 0 saturated heterocycles. The molecular formula is C47H60N6O12. The van der Waals surface area contributed by atoms with E-state index in [0.717, 1.165) is 27.8 Å². The SMILES string of the molecule is CC(C)CC(NC(=O)OCC1c2ccccc2-c2ccccc21)C(=O)NC(CCC(=O)C=[N+]=[N-])C(=O)NC(Cc1ccccc1)C(=O)NCCOCCOCCOCCOCCC(=O)O. The molecule has 5 N–H and O–H groups in total. The van der Waals surface area contributed by atoms with E-state index in [1.54, 1.807) is 24.3 Å². The Balaban J connectivity index is 1.32. The molecule has 3 aromatic rings. The Morgan fingerprint density at radius 2 is 1.20 bits per heavy atom. The highest BCUT2D eigenvalue weighted by molar-refractivity contribution is 6.25. The molecule has 3 aromatic carbocycles. The maximum Gasteiger partial charge on any atom is 0.407 e. The van der Waals surface area contributed by atoms with Crippen molar-refractivity contribution >= 4 is 41.8 Å². The van der Waals surface area contributed by atoms with Gasteiger partial charge in [-0.1, -0.05) is 92.7 Å². The van der Waals surface area contributed by atoms with E-state index in [-0.39, 0.29) is 90.1 Å². The van der Waals surface area contributed by atoms with Gasteiger partial charge < -0.3 is 55.6 Å². The Bertz CT molecular complexity index is 2020. The highest BCUT2D eigenvalue weighted by atomic mass is 16.6. The summed E-state index contributed by atoms with van der Waals surface area (Å²) in [5.74, 6) is -3.78. The second kappa shape index (κ2) is 28.5. The van der Waals surface area contributed by atoms with Crippen LogP contribution in [0.25, 0.3) is 16.7 Å². The minimum absolute atomic E-state index is 0.0231. The summed E-state index contributed by atoms with van der Waals surface area (Å²) in [5, 5.41) is 19.5. The van der Waals surface area contributed by atoms with Crippen LogP contribution >= 0.6 is 0 Å². The summed E-state index contributed by atoms with van der Waals surface area (Å²) in [6.07, 6.45) is -0.408. The zero-order valence-corrected chi connectivity index (χ0v) is 36.9. The number of aliphatic carboxylic acids is 1. The van der Waals surface area contributed by atoms with Gasteiger partial charge in [0.1, 0.15) is 24.7 Å². The third-order valence-electron chi connectivity index (χ3n) is 10.2. The fourth-order valence-corrected chi connectivity index (χ4v) is 7.06. The zero-order chi connectivity index (χ0) is 46.8. The fraction of sp³-hybridized carbons (Fsp3) is 0.468. The Kier molecular flexibility index (Phi) is 22.5. The van der Waals surface area contributed by atoms with Gasteiger partial charge >= 0.3 is 18.3 Å². The first-order valence-electron chi connectivity index (χ1n) is 21.7. The number of nitrogens with zero attached hydrogens (tertiary/aromatic N) is 2. The van der Waals surface area contributed by atoms with Crippen LogP contribution in [0.4, 0.5) is 4.79 Å². The molecule has 0 saturated carbocycles. The molecule has 0 radical (unpaired) electrons. The number of alkyl carbamates (subject to hydrolysis) is 1. The van der Waals surface area contributed by atoms with Crippen LogP contribution in [0.3, 0.4) is 0 Å². The number of ketones is 1. The second-order valence-corrected chi connectivity index (χ2v) is 15.6. The molecule has 3 unspecified atom stereocenters. The highest BCUT2D eigenvalue weighted by Gasteiger charge is 2.33. The van der Waals surface area contributed by atoms with Crippen molar-refractivity contribution in [1.82, 2.24) is 21.3 Å². The number of hydrogen-bond acceptors (Lipinski definition) is 11. The van der Waals surface area contributed by atoms with Gasteiger partial charge in [0.2, 0.25) is 23.5 Å². The monoisotopic (exact) mass is 900 g/mol. The number of ether oxygens (including phenoxy) is 5. The molecule has 3 atom stereocenters. The first kappa shape index (κ1) is 51.3. The van der Waals surface area contributed by atoms with Crippen LogP contribution in [-0.4, -0.2) is 136 Å². The van der Waals surface area contributed by atoms with Gasteiger partial charge in [0.25, 0.3) is 0 Å². The van der Waals surface area contributed by atoms with Crippen LogP contribution in [-0.2, 0) is 54.1 Å². The van der Waals surface area contributed by atoms with Gasteiger partial charge in [-0.05, 0) is 46.6 Å². The number of rotatable bonds is 31. The lowest BCUT2D eigenvalue weighted by molar-refractivity contribution is -0.138. The number of carboxylic acids is 1. The molecule has 1 aliphatic rings. The normalized spacial score (nSPS) is 13.0. The summed E-state index contributed by atoms with van der Waals surface area (Å²) >= 11 is 0. The van der Waals surface area contributed by atoms with Gasteiger partial charge in [-0.15, -0.1) is 0 Å². The van der Waals surface area contributed by atoms with Crippen molar-refractivity contribution in [3.05, 3.63) is 101 Å². The summed E-state index contributed by atoms with van der Waals surface area (Å²) in [6.45, 7) is 5.88. The van der Waals surface area contributed by atoms with Crippen molar-refractivity contribution in [1.29, 1.82) is 0 Å². The van der Waals surface area contributed by atoms with Crippen molar-refractivity contribution in [3.8, 4) is 11.1 Å². The van der Waals surface area contributed by atoms with Crippen molar-refractivity contribution < 1.29 is 62.3 Å². The number of hydrogen-bond donors (Lipinski definition) is 5. The summed E-state index contributed by atoms with van der Waals surface area (Å²) in [7, 11) is 0. The average Bonchev–Trinajstić information content (AvgIpc) is 3.61. The maximum atomic E-state index is 14.0. The van der Waals surface area contributed by atoms with E-state index in [1.807, 2.05) is 68.4 Å². The Hall–Kier alpha value is -6.30. The molecule has 0 bridgehead atoms. The van der Waals surface area contributed by atoms with Gasteiger partial charge in [-0.3, -0.25) is 24.0 Å². The van der Waals surface area contributed by atoms with E-state index in [0.29, 0.717) is 26.0 Å². The van der Waals surface area contributed by atoms with E-state index in [9.17, 15) is 28.8 Å². The first-order valence-corrected chi connectivity index (χ1v) is 21.7. The van der Waals surface area contributed by atoms with E-state index in [2.05, 4.69) is 26.1 Å². The molecule has 65 heavy (non-hydrogen) atoms. The van der Waals surface area contributed by atoms with Gasteiger partial charge in [0.05, 0.1) is 59.3 Å². The van der Waals surface area contributed by atoms with Crippen LogP contribution in [0.5, 0.6) is 0 Å². The summed E-state index contributed by atoms with van der Waals surface area (Å²) in [4.78, 5) is 80.5. The van der Waals surface area contributed by atoms with Crippen LogP contribution < -0.4 is 21.3 Å². The van der Waals surface area contributed by atoms with Gasteiger partial charge in [-0.2, -0.15) is 4.79 Å². The predicted molar refractivity (Wildman–Crippen MR) is 238 cm³/mol. The Labute approximate surface area is 378 Å². The standard InChI is InChI=1S/C47H60N6O12/c1-32(2)28-41(53-47(60)65-31-39-37-14-8-6-12-35(37)36-13-7-9-15-38(36)39)46(59)51-40(17-16-34(54)30-50-48)45(58)52-42(29-33-10-4-3-5-11-33)44(57)49-19-21-62-23-25-64-27-26-63-24-22-61-20-18-43(55)56/h3-15,30,32,39-42H,16-29,31H2,1-2H3,(H,49,57)(H,51,59)(H,52,58)(H,53,60)(H,55,56). The van der Waals surface area contributed by atoms with Crippen LogP contribution in [0.15, 0.2) is 78.9 Å². The Morgan fingerprint density at radius 3 is 1.78 bits per heavy atom. The highest BCUT2D eigenvalue weighted by Crippen LogP contribution is 2.44. The third kappa shape index (κ3) is 18.4. The molecule has 0 spiro atoms. The number of fused-ring (bicyclic) bond motifs is 3. The van der Waals surface area contributed by atoms with Crippen molar-refractivity contribution in [2.24, 2.45) is 5.92 Å². The number of carboxylic acid groups (broad SMARTS) is 1. The fourth-order valence-electron chi connectivity index (χ4n) is 7.06.